The van der Waals surface area contributed by atoms with E-state index in [1.165, 1.54) is 6.07 Å². The lowest BCUT2D eigenvalue weighted by molar-refractivity contribution is -0.137. The Morgan fingerprint density at radius 1 is 1.39 bits per heavy atom. The molecule has 0 saturated carbocycles. The fourth-order valence-corrected chi connectivity index (χ4v) is 1.41. The Labute approximate surface area is 103 Å². The number of carboxylic acid groups (broad SMARTS) is 1. The van der Waals surface area contributed by atoms with Crippen LogP contribution in [0.25, 0.3) is 0 Å². The number of aliphatic carboxylic acids is 1. The standard InChI is InChI=1S/C12H13F2NO3/c1-7(5-10(16)17)6-15-12(18)8-3-2-4-9(13)11(8)14/h2-4,7H,5-6H2,1H3,(H,15,18)(H,16,17). The number of hydrogen-bond donors (Lipinski definition) is 2. The molecule has 1 aromatic carbocycles. The molecule has 0 spiro atoms. The molecule has 18 heavy (non-hydrogen) atoms. The summed E-state index contributed by atoms with van der Waals surface area (Å²) >= 11 is 0. The van der Waals surface area contributed by atoms with Crippen molar-refractivity contribution in [3.8, 4) is 0 Å². The van der Waals surface area contributed by atoms with E-state index in [-0.39, 0.29) is 18.9 Å². The van der Waals surface area contributed by atoms with Crippen molar-refractivity contribution in [1.29, 1.82) is 0 Å². The second-order valence-electron chi connectivity index (χ2n) is 4.01. The largest absolute Gasteiger partial charge is 0.481 e. The average Bonchev–Trinajstić information content (AvgIpc) is 2.29. The molecule has 0 heterocycles. The molecule has 0 saturated heterocycles. The zero-order chi connectivity index (χ0) is 13.7. The molecule has 0 fully saturated rings. The summed E-state index contributed by atoms with van der Waals surface area (Å²) in [5.41, 5.74) is -0.391. The molecule has 1 atom stereocenters. The predicted octanol–water partition coefficient (Wildman–Crippen LogP) is 1.81. The van der Waals surface area contributed by atoms with E-state index in [1.54, 1.807) is 6.92 Å². The molecule has 6 heteroatoms. The summed E-state index contributed by atoms with van der Waals surface area (Å²) in [5.74, 6) is -4.33. The SMILES string of the molecule is CC(CNC(=O)c1cccc(F)c1F)CC(=O)O. The van der Waals surface area contributed by atoms with Gasteiger partial charge in [-0.15, -0.1) is 0 Å². The minimum Gasteiger partial charge on any atom is -0.481 e. The number of rotatable bonds is 5. The van der Waals surface area contributed by atoms with Crippen LogP contribution in [0.4, 0.5) is 8.78 Å². The van der Waals surface area contributed by atoms with Gasteiger partial charge in [-0.3, -0.25) is 9.59 Å². The van der Waals surface area contributed by atoms with Crippen LogP contribution in [-0.4, -0.2) is 23.5 Å². The van der Waals surface area contributed by atoms with Crippen LogP contribution in [0, 0.1) is 17.6 Å². The summed E-state index contributed by atoms with van der Waals surface area (Å²) in [5, 5.41) is 10.9. The van der Waals surface area contributed by atoms with Gasteiger partial charge in [-0.2, -0.15) is 0 Å². The molecule has 0 bridgehead atoms. The van der Waals surface area contributed by atoms with Crippen molar-refractivity contribution in [2.45, 2.75) is 13.3 Å². The van der Waals surface area contributed by atoms with Gasteiger partial charge in [0.25, 0.3) is 5.91 Å². The van der Waals surface area contributed by atoms with Gasteiger partial charge in [0.05, 0.1) is 5.56 Å². The van der Waals surface area contributed by atoms with Gasteiger partial charge < -0.3 is 10.4 Å². The van der Waals surface area contributed by atoms with Crippen molar-refractivity contribution in [2.75, 3.05) is 6.54 Å². The third-order valence-corrected chi connectivity index (χ3v) is 2.33. The van der Waals surface area contributed by atoms with Crippen molar-refractivity contribution >= 4 is 11.9 Å². The highest BCUT2D eigenvalue weighted by molar-refractivity contribution is 5.94. The number of carboxylic acids is 1. The number of amides is 1. The third kappa shape index (κ3) is 3.80. The topological polar surface area (TPSA) is 66.4 Å². The molecule has 0 aromatic heterocycles. The van der Waals surface area contributed by atoms with Crippen LogP contribution in [-0.2, 0) is 4.79 Å². The summed E-state index contributed by atoms with van der Waals surface area (Å²) in [7, 11) is 0. The van der Waals surface area contributed by atoms with Crippen LogP contribution >= 0.6 is 0 Å². The minimum absolute atomic E-state index is 0.0844. The van der Waals surface area contributed by atoms with Gasteiger partial charge in [-0.05, 0) is 18.1 Å². The highest BCUT2D eigenvalue weighted by atomic mass is 19.2. The fraction of sp³-hybridized carbons (Fsp3) is 0.333. The van der Waals surface area contributed by atoms with Gasteiger partial charge >= 0.3 is 5.97 Å². The van der Waals surface area contributed by atoms with Crippen molar-refractivity contribution in [1.82, 2.24) is 5.32 Å². The number of hydrogen-bond acceptors (Lipinski definition) is 2. The lowest BCUT2D eigenvalue weighted by atomic mass is 10.1. The van der Waals surface area contributed by atoms with Crippen LogP contribution in [0.2, 0.25) is 0 Å². The van der Waals surface area contributed by atoms with Gasteiger partial charge in [0, 0.05) is 13.0 Å². The molecule has 0 aliphatic heterocycles. The molecule has 0 radical (unpaired) electrons. The Morgan fingerprint density at radius 2 is 2.06 bits per heavy atom. The Bertz CT molecular complexity index is 463. The second-order valence-corrected chi connectivity index (χ2v) is 4.01. The zero-order valence-electron chi connectivity index (χ0n) is 9.74. The maximum absolute atomic E-state index is 13.3. The van der Waals surface area contributed by atoms with E-state index in [2.05, 4.69) is 5.32 Å². The van der Waals surface area contributed by atoms with Gasteiger partial charge in [0.1, 0.15) is 0 Å². The number of nitrogens with one attached hydrogen (secondary N) is 1. The maximum atomic E-state index is 13.3. The molecule has 4 nitrogen and oxygen atoms in total. The molecule has 2 N–H and O–H groups in total. The number of halogens is 2. The lowest BCUT2D eigenvalue weighted by Crippen LogP contribution is -2.30. The lowest BCUT2D eigenvalue weighted by Gasteiger charge is -2.10. The summed E-state index contributed by atoms with van der Waals surface area (Å²) in [4.78, 5) is 21.9. The van der Waals surface area contributed by atoms with Gasteiger partial charge in [-0.1, -0.05) is 13.0 Å². The summed E-state index contributed by atoms with van der Waals surface area (Å²) in [6.45, 7) is 1.72. The molecule has 0 aliphatic rings. The van der Waals surface area contributed by atoms with E-state index < -0.39 is 29.1 Å². The Kier molecular flexibility index (Phi) is 4.76. The maximum Gasteiger partial charge on any atom is 0.303 e. The Hall–Kier alpha value is -1.98. The first-order valence-electron chi connectivity index (χ1n) is 5.35. The van der Waals surface area contributed by atoms with Gasteiger partial charge in [0.15, 0.2) is 11.6 Å². The van der Waals surface area contributed by atoms with E-state index in [1.807, 2.05) is 0 Å². The molecular formula is C12H13F2NO3. The van der Waals surface area contributed by atoms with Crippen molar-refractivity contribution in [3.63, 3.8) is 0 Å². The molecule has 1 rings (SSSR count). The van der Waals surface area contributed by atoms with Gasteiger partial charge in [-0.25, -0.2) is 8.78 Å². The molecular weight excluding hydrogens is 244 g/mol. The highest BCUT2D eigenvalue weighted by Gasteiger charge is 2.16. The normalized spacial score (nSPS) is 11.9. The molecule has 1 amide bonds. The van der Waals surface area contributed by atoms with Crippen LogP contribution in [0.1, 0.15) is 23.7 Å². The Balaban J connectivity index is 2.61. The minimum atomic E-state index is -1.21. The van der Waals surface area contributed by atoms with Gasteiger partial charge in [0.2, 0.25) is 0 Å². The quantitative estimate of drug-likeness (QED) is 0.845. The van der Waals surface area contributed by atoms with E-state index >= 15 is 0 Å². The van der Waals surface area contributed by atoms with Crippen molar-refractivity contribution in [2.24, 2.45) is 5.92 Å². The number of carbonyl (C=O) groups is 2. The van der Waals surface area contributed by atoms with Crippen LogP contribution in [0.15, 0.2) is 18.2 Å². The predicted molar refractivity (Wildman–Crippen MR) is 60.1 cm³/mol. The smallest absolute Gasteiger partial charge is 0.303 e. The van der Waals surface area contributed by atoms with Crippen LogP contribution in [0.3, 0.4) is 0 Å². The number of carbonyl (C=O) groups excluding carboxylic acids is 1. The molecule has 98 valence electrons. The summed E-state index contributed by atoms with van der Waals surface area (Å²) in [6, 6.07) is 3.31. The summed E-state index contributed by atoms with van der Waals surface area (Å²) < 4.78 is 26.1. The van der Waals surface area contributed by atoms with Crippen LogP contribution in [0.5, 0.6) is 0 Å². The Morgan fingerprint density at radius 3 is 2.67 bits per heavy atom. The van der Waals surface area contributed by atoms with E-state index in [4.69, 9.17) is 5.11 Å². The second kappa shape index (κ2) is 6.09. The van der Waals surface area contributed by atoms with E-state index in [0.29, 0.717) is 0 Å². The third-order valence-electron chi connectivity index (χ3n) is 2.33. The summed E-state index contributed by atoms with van der Waals surface area (Å²) in [6.07, 6.45) is -0.105. The molecule has 0 aliphatic carbocycles. The highest BCUT2D eigenvalue weighted by Crippen LogP contribution is 2.11. The zero-order valence-corrected chi connectivity index (χ0v) is 9.74. The first-order valence-corrected chi connectivity index (χ1v) is 5.35. The molecule has 1 unspecified atom stereocenters. The monoisotopic (exact) mass is 257 g/mol. The van der Waals surface area contributed by atoms with Crippen LogP contribution < -0.4 is 5.32 Å². The van der Waals surface area contributed by atoms with Crippen molar-refractivity contribution in [3.05, 3.63) is 35.4 Å². The van der Waals surface area contributed by atoms with Crippen molar-refractivity contribution < 1.29 is 23.5 Å². The van der Waals surface area contributed by atoms with E-state index in [9.17, 15) is 18.4 Å². The number of benzene rings is 1. The van der Waals surface area contributed by atoms with E-state index in [0.717, 1.165) is 12.1 Å². The fourth-order valence-electron chi connectivity index (χ4n) is 1.41. The molecule has 1 aromatic rings. The first-order chi connectivity index (χ1) is 8.41. The average molecular weight is 257 g/mol. The first kappa shape index (κ1) is 14.1.